The van der Waals surface area contributed by atoms with Crippen molar-refractivity contribution >= 4 is 0 Å². The van der Waals surface area contributed by atoms with Gasteiger partial charge in [0, 0.05) is 13.2 Å². The van der Waals surface area contributed by atoms with Gasteiger partial charge in [-0.05, 0) is 37.5 Å². The second kappa shape index (κ2) is 24.1. The fraction of sp³-hybridized carbons (Fsp3) is 1.00. The molecule has 0 aliphatic carbocycles. The number of ether oxygens (including phenoxy) is 4. The van der Waals surface area contributed by atoms with Gasteiger partial charge in [-0.15, -0.1) is 0 Å². The standard InChI is InChI=1S/C25H52O4/c1-5-8-12-24(4)13-10-16-26-18-20-28-22-23-29-21-19-27-17-11-15-25(7-3)14-9-6-2/h24-25H,5-23H2,1-4H3. The topological polar surface area (TPSA) is 36.9 Å². The van der Waals surface area contributed by atoms with Crippen molar-refractivity contribution in [2.24, 2.45) is 11.8 Å². The van der Waals surface area contributed by atoms with E-state index < -0.39 is 0 Å². The van der Waals surface area contributed by atoms with Crippen LogP contribution in [0.5, 0.6) is 0 Å². The molecule has 0 bridgehead atoms. The Morgan fingerprint density at radius 3 is 1.34 bits per heavy atom. The Hall–Kier alpha value is -0.160. The fourth-order valence-electron chi connectivity index (χ4n) is 3.51. The maximum absolute atomic E-state index is 5.67. The summed E-state index contributed by atoms with van der Waals surface area (Å²) in [5.74, 6) is 1.71. The zero-order valence-corrected chi connectivity index (χ0v) is 20.2. The molecule has 0 spiro atoms. The zero-order valence-electron chi connectivity index (χ0n) is 20.2. The molecule has 176 valence electrons. The molecule has 0 N–H and O–H groups in total. The van der Waals surface area contributed by atoms with E-state index >= 15 is 0 Å². The van der Waals surface area contributed by atoms with Crippen molar-refractivity contribution in [1.29, 1.82) is 0 Å². The second-order valence-electron chi connectivity index (χ2n) is 8.40. The van der Waals surface area contributed by atoms with Crippen molar-refractivity contribution in [2.45, 2.75) is 98.3 Å². The van der Waals surface area contributed by atoms with Gasteiger partial charge in [-0.3, -0.25) is 0 Å². The average molecular weight is 417 g/mol. The maximum Gasteiger partial charge on any atom is 0.0701 e. The summed E-state index contributed by atoms with van der Waals surface area (Å²) in [6.07, 6.45) is 14.2. The van der Waals surface area contributed by atoms with Crippen molar-refractivity contribution in [2.75, 3.05) is 52.9 Å². The number of hydrogen-bond acceptors (Lipinski definition) is 4. The van der Waals surface area contributed by atoms with Gasteiger partial charge < -0.3 is 18.9 Å². The molecule has 4 heteroatoms. The minimum atomic E-state index is 0.632. The largest absolute Gasteiger partial charge is 0.379 e. The number of rotatable bonds is 24. The predicted molar refractivity (Wildman–Crippen MR) is 124 cm³/mol. The first-order valence-electron chi connectivity index (χ1n) is 12.5. The third-order valence-electron chi connectivity index (χ3n) is 5.60. The first kappa shape index (κ1) is 28.8. The highest BCUT2D eigenvalue weighted by Crippen LogP contribution is 2.18. The minimum Gasteiger partial charge on any atom is -0.379 e. The second-order valence-corrected chi connectivity index (χ2v) is 8.40. The van der Waals surface area contributed by atoms with Crippen molar-refractivity contribution in [1.82, 2.24) is 0 Å². The van der Waals surface area contributed by atoms with Crippen LogP contribution < -0.4 is 0 Å². The lowest BCUT2D eigenvalue weighted by Gasteiger charge is -2.14. The Morgan fingerprint density at radius 2 is 0.862 bits per heavy atom. The van der Waals surface area contributed by atoms with Crippen molar-refractivity contribution in [3.63, 3.8) is 0 Å². The molecule has 0 saturated heterocycles. The van der Waals surface area contributed by atoms with Crippen LogP contribution in [-0.2, 0) is 18.9 Å². The van der Waals surface area contributed by atoms with E-state index in [2.05, 4.69) is 27.7 Å². The van der Waals surface area contributed by atoms with Gasteiger partial charge in [-0.2, -0.15) is 0 Å². The molecule has 0 aromatic carbocycles. The summed E-state index contributed by atoms with van der Waals surface area (Å²) in [5.41, 5.74) is 0. The molecule has 0 aliphatic rings. The minimum absolute atomic E-state index is 0.632. The highest BCUT2D eigenvalue weighted by molar-refractivity contribution is 4.57. The summed E-state index contributed by atoms with van der Waals surface area (Å²) in [6, 6.07) is 0. The zero-order chi connectivity index (χ0) is 21.4. The monoisotopic (exact) mass is 416 g/mol. The van der Waals surface area contributed by atoms with Gasteiger partial charge in [-0.1, -0.05) is 72.6 Å². The van der Waals surface area contributed by atoms with E-state index in [9.17, 15) is 0 Å². The molecule has 0 radical (unpaired) electrons. The maximum atomic E-state index is 5.67. The predicted octanol–water partition coefficient (Wildman–Crippen LogP) is 6.66. The summed E-state index contributed by atoms with van der Waals surface area (Å²) in [4.78, 5) is 0. The average Bonchev–Trinajstić information content (AvgIpc) is 2.73. The fourth-order valence-corrected chi connectivity index (χ4v) is 3.51. The molecule has 0 rings (SSSR count). The molecule has 0 aromatic heterocycles. The Balaban J connectivity index is 3.17. The molecule has 0 aliphatic heterocycles. The lowest BCUT2D eigenvalue weighted by molar-refractivity contribution is -0.00291. The van der Waals surface area contributed by atoms with E-state index in [1.807, 2.05) is 0 Å². The summed E-state index contributed by atoms with van der Waals surface area (Å²) in [7, 11) is 0. The van der Waals surface area contributed by atoms with Gasteiger partial charge in [-0.25, -0.2) is 0 Å². The summed E-state index contributed by atoms with van der Waals surface area (Å²) >= 11 is 0. The molecule has 0 saturated carbocycles. The van der Waals surface area contributed by atoms with Crippen molar-refractivity contribution in [3.8, 4) is 0 Å². The van der Waals surface area contributed by atoms with Gasteiger partial charge in [0.15, 0.2) is 0 Å². The molecule has 2 atom stereocenters. The molecular weight excluding hydrogens is 364 g/mol. The highest BCUT2D eigenvalue weighted by atomic mass is 16.6. The smallest absolute Gasteiger partial charge is 0.0701 e. The molecule has 0 aromatic rings. The Kier molecular flexibility index (Phi) is 24.0. The van der Waals surface area contributed by atoms with Gasteiger partial charge in [0.2, 0.25) is 0 Å². The molecule has 29 heavy (non-hydrogen) atoms. The summed E-state index contributed by atoms with van der Waals surface area (Å²) in [6.45, 7) is 14.8. The Bertz CT molecular complexity index is 299. The van der Waals surface area contributed by atoms with Gasteiger partial charge >= 0.3 is 0 Å². The molecule has 0 fully saturated rings. The van der Waals surface area contributed by atoms with E-state index in [0.29, 0.717) is 39.6 Å². The van der Waals surface area contributed by atoms with Crippen molar-refractivity contribution < 1.29 is 18.9 Å². The molecule has 0 amide bonds. The number of unbranched alkanes of at least 4 members (excludes halogenated alkanes) is 2. The van der Waals surface area contributed by atoms with Crippen LogP contribution in [0.2, 0.25) is 0 Å². The van der Waals surface area contributed by atoms with Gasteiger partial charge in [0.25, 0.3) is 0 Å². The first-order chi connectivity index (χ1) is 14.2. The lowest BCUT2D eigenvalue weighted by Crippen LogP contribution is -2.12. The van der Waals surface area contributed by atoms with Crippen LogP contribution in [0.15, 0.2) is 0 Å². The van der Waals surface area contributed by atoms with E-state index in [0.717, 1.165) is 31.5 Å². The molecule has 0 heterocycles. The van der Waals surface area contributed by atoms with E-state index in [4.69, 9.17) is 18.9 Å². The third kappa shape index (κ3) is 22.3. The highest BCUT2D eigenvalue weighted by Gasteiger charge is 2.05. The van der Waals surface area contributed by atoms with Crippen LogP contribution in [0, 0.1) is 11.8 Å². The Morgan fingerprint density at radius 1 is 0.483 bits per heavy atom. The quantitative estimate of drug-likeness (QED) is 0.165. The van der Waals surface area contributed by atoms with Crippen LogP contribution in [0.4, 0.5) is 0 Å². The first-order valence-corrected chi connectivity index (χ1v) is 12.5. The van der Waals surface area contributed by atoms with E-state index in [1.54, 1.807) is 0 Å². The Labute approximate surface area is 182 Å². The van der Waals surface area contributed by atoms with Crippen LogP contribution in [0.25, 0.3) is 0 Å². The van der Waals surface area contributed by atoms with Crippen LogP contribution >= 0.6 is 0 Å². The molecule has 2 unspecified atom stereocenters. The van der Waals surface area contributed by atoms with E-state index in [1.165, 1.54) is 64.2 Å². The van der Waals surface area contributed by atoms with E-state index in [-0.39, 0.29) is 0 Å². The summed E-state index contributed by atoms with van der Waals surface area (Å²) < 4.78 is 22.4. The SMILES string of the molecule is CCCCC(C)CCCOCCOCCOCCOCCCC(CC)CCCC. The van der Waals surface area contributed by atoms with Crippen LogP contribution in [-0.4, -0.2) is 52.9 Å². The number of hydrogen-bond donors (Lipinski definition) is 0. The van der Waals surface area contributed by atoms with Crippen LogP contribution in [0.1, 0.15) is 98.3 Å². The molecular formula is C25H52O4. The van der Waals surface area contributed by atoms with Gasteiger partial charge in [0.05, 0.1) is 39.6 Å². The summed E-state index contributed by atoms with van der Waals surface area (Å²) in [5, 5.41) is 0. The van der Waals surface area contributed by atoms with Crippen molar-refractivity contribution in [3.05, 3.63) is 0 Å². The van der Waals surface area contributed by atoms with Crippen LogP contribution in [0.3, 0.4) is 0 Å². The lowest BCUT2D eigenvalue weighted by atomic mass is 9.94. The van der Waals surface area contributed by atoms with Gasteiger partial charge in [0.1, 0.15) is 0 Å². The normalized spacial score (nSPS) is 13.7. The molecule has 4 nitrogen and oxygen atoms in total. The third-order valence-corrected chi connectivity index (χ3v) is 5.60.